The van der Waals surface area contributed by atoms with Crippen molar-refractivity contribution in [1.29, 1.82) is 0 Å². The Hall–Kier alpha value is -1.42. The molecular formula is C29H45ClN2O6. The molecule has 3 heterocycles. The number of unbranched alkanes of at least 4 members (excludes halogenated alkanes) is 4. The number of ether oxygens (including phenoxy) is 5. The molecule has 0 aliphatic carbocycles. The molecule has 3 aliphatic rings. The van der Waals surface area contributed by atoms with Crippen molar-refractivity contribution in [3.63, 3.8) is 0 Å². The van der Waals surface area contributed by atoms with Gasteiger partial charge in [0.25, 0.3) is 0 Å². The summed E-state index contributed by atoms with van der Waals surface area (Å²) in [6.45, 7) is 10.1. The van der Waals surface area contributed by atoms with Crippen LogP contribution >= 0.6 is 11.6 Å². The second-order valence-electron chi connectivity index (χ2n) is 11.2. The zero-order valence-corrected chi connectivity index (χ0v) is 24.0. The molecule has 9 heteroatoms. The number of hydrogen-bond acceptors (Lipinski definition) is 7. The van der Waals surface area contributed by atoms with Gasteiger partial charge in [0.1, 0.15) is 12.7 Å². The quantitative estimate of drug-likeness (QED) is 0.269. The number of halogens is 1. The maximum atomic E-state index is 13.0. The number of nitrogens with one attached hydrogen (secondary N) is 1. The molecule has 0 radical (unpaired) electrons. The molecule has 3 aliphatic heterocycles. The monoisotopic (exact) mass is 552 g/mol. The molecule has 1 aromatic carbocycles. The minimum atomic E-state index is -1.11. The molecule has 1 amide bonds. The van der Waals surface area contributed by atoms with Gasteiger partial charge < -0.3 is 28.6 Å². The van der Waals surface area contributed by atoms with Crippen molar-refractivity contribution in [3.8, 4) is 0 Å². The first-order valence-electron chi connectivity index (χ1n) is 14.4. The lowest BCUT2D eigenvalue weighted by Gasteiger charge is -2.29. The average Bonchev–Trinajstić information content (AvgIpc) is 3.54. The smallest absolute Gasteiger partial charge is 0.412 e. The van der Waals surface area contributed by atoms with Gasteiger partial charge in [0.15, 0.2) is 18.0 Å². The number of carbonyl (C=O) groups excluding carboxylic acids is 1. The standard InChI is InChI=1S/C29H45ClN2O6/c1-4-5-6-7-10-20-34-21-29-26(37-28(2,3)38-29)25(24(36-29)12-11-19-32-17-8-9-18-32)35-27(33)31-23-15-13-22(30)14-16-23/h13-16,24-26H,4-12,17-21H2,1-3H3,(H,31,33)/t24-,25+,26-,29-/m0/s1. The number of anilines is 1. The van der Waals surface area contributed by atoms with E-state index in [0.29, 0.717) is 17.3 Å². The summed E-state index contributed by atoms with van der Waals surface area (Å²) in [5.74, 6) is -2.00. The van der Waals surface area contributed by atoms with Crippen molar-refractivity contribution < 1.29 is 28.5 Å². The Kier molecular flexibility index (Phi) is 10.7. The van der Waals surface area contributed by atoms with E-state index < -0.39 is 29.9 Å². The number of amides is 1. The van der Waals surface area contributed by atoms with Crippen LogP contribution in [0.2, 0.25) is 5.02 Å². The van der Waals surface area contributed by atoms with E-state index in [1.54, 1.807) is 24.3 Å². The third-order valence-electron chi connectivity index (χ3n) is 7.47. The highest BCUT2D eigenvalue weighted by molar-refractivity contribution is 6.30. The predicted molar refractivity (Wildman–Crippen MR) is 147 cm³/mol. The van der Waals surface area contributed by atoms with Gasteiger partial charge >= 0.3 is 6.09 Å². The van der Waals surface area contributed by atoms with Gasteiger partial charge in [0.05, 0.1) is 0 Å². The maximum Gasteiger partial charge on any atom is 0.412 e. The van der Waals surface area contributed by atoms with E-state index in [4.69, 9.17) is 35.3 Å². The van der Waals surface area contributed by atoms with E-state index in [1.165, 1.54) is 32.1 Å². The van der Waals surface area contributed by atoms with Crippen LogP contribution < -0.4 is 5.32 Å². The Morgan fingerprint density at radius 2 is 1.82 bits per heavy atom. The van der Waals surface area contributed by atoms with Gasteiger partial charge in [-0.05, 0) is 89.9 Å². The number of benzene rings is 1. The molecule has 3 saturated heterocycles. The van der Waals surface area contributed by atoms with E-state index in [9.17, 15) is 4.79 Å². The Morgan fingerprint density at radius 3 is 2.55 bits per heavy atom. The van der Waals surface area contributed by atoms with Crippen molar-refractivity contribution in [2.24, 2.45) is 0 Å². The first-order valence-corrected chi connectivity index (χ1v) is 14.8. The van der Waals surface area contributed by atoms with Crippen LogP contribution in [-0.2, 0) is 23.7 Å². The van der Waals surface area contributed by atoms with Crippen molar-refractivity contribution >= 4 is 23.4 Å². The van der Waals surface area contributed by atoms with Gasteiger partial charge in [-0.15, -0.1) is 0 Å². The fraction of sp³-hybridized carbons (Fsp3) is 0.759. The summed E-state index contributed by atoms with van der Waals surface area (Å²) in [7, 11) is 0. The number of fused-ring (bicyclic) bond motifs is 1. The molecule has 4 atom stereocenters. The molecule has 3 fully saturated rings. The Balaban J connectivity index is 1.41. The molecule has 0 bridgehead atoms. The van der Waals surface area contributed by atoms with Crippen molar-refractivity contribution in [2.45, 2.75) is 108 Å². The van der Waals surface area contributed by atoms with Gasteiger partial charge in [-0.3, -0.25) is 5.32 Å². The Labute approximate surface area is 232 Å². The molecule has 0 saturated carbocycles. The zero-order valence-electron chi connectivity index (χ0n) is 23.2. The minimum Gasteiger partial charge on any atom is -0.440 e. The lowest BCUT2D eigenvalue weighted by molar-refractivity contribution is -0.278. The first-order chi connectivity index (χ1) is 18.3. The van der Waals surface area contributed by atoms with E-state index in [0.717, 1.165) is 45.3 Å². The second kappa shape index (κ2) is 13.8. The Bertz CT molecular complexity index is 878. The minimum absolute atomic E-state index is 0.232. The second-order valence-corrected chi connectivity index (χ2v) is 11.6. The van der Waals surface area contributed by atoms with Crippen LogP contribution in [0.3, 0.4) is 0 Å². The normalized spacial score (nSPS) is 28.5. The molecule has 8 nitrogen and oxygen atoms in total. The number of rotatable bonds is 14. The Morgan fingerprint density at radius 1 is 1.08 bits per heavy atom. The number of likely N-dealkylation sites (tertiary alicyclic amines) is 1. The summed E-state index contributed by atoms with van der Waals surface area (Å²) in [5.41, 5.74) is 0.602. The predicted octanol–water partition coefficient (Wildman–Crippen LogP) is 6.37. The van der Waals surface area contributed by atoms with Crippen LogP contribution in [0, 0.1) is 0 Å². The molecule has 0 unspecified atom stereocenters. The van der Waals surface area contributed by atoms with E-state index >= 15 is 0 Å². The summed E-state index contributed by atoms with van der Waals surface area (Å²) in [4.78, 5) is 15.4. The van der Waals surface area contributed by atoms with Crippen molar-refractivity contribution in [1.82, 2.24) is 4.90 Å². The lowest BCUT2D eigenvalue weighted by atomic mass is 10.0. The van der Waals surface area contributed by atoms with E-state index in [1.807, 2.05) is 13.8 Å². The van der Waals surface area contributed by atoms with Gasteiger partial charge in [-0.2, -0.15) is 0 Å². The van der Waals surface area contributed by atoms with Gasteiger partial charge in [-0.1, -0.05) is 44.2 Å². The third kappa shape index (κ3) is 8.05. The maximum absolute atomic E-state index is 13.0. The van der Waals surface area contributed by atoms with Gasteiger partial charge in [-0.25, -0.2) is 4.79 Å². The fourth-order valence-electron chi connectivity index (χ4n) is 5.68. The van der Waals surface area contributed by atoms with Crippen LogP contribution in [0.15, 0.2) is 24.3 Å². The van der Waals surface area contributed by atoms with Gasteiger partial charge in [0.2, 0.25) is 5.79 Å². The van der Waals surface area contributed by atoms with Crippen LogP contribution in [0.25, 0.3) is 0 Å². The van der Waals surface area contributed by atoms with Crippen molar-refractivity contribution in [3.05, 3.63) is 29.3 Å². The highest BCUT2D eigenvalue weighted by Crippen LogP contribution is 2.47. The van der Waals surface area contributed by atoms with Gasteiger partial charge in [0, 0.05) is 17.3 Å². The van der Waals surface area contributed by atoms with E-state index in [-0.39, 0.29) is 12.7 Å². The van der Waals surface area contributed by atoms with Crippen LogP contribution in [-0.4, -0.2) is 73.7 Å². The molecule has 0 spiro atoms. The average molecular weight is 553 g/mol. The van der Waals surface area contributed by atoms with Crippen LogP contribution in [0.5, 0.6) is 0 Å². The zero-order chi connectivity index (χ0) is 27.0. The lowest BCUT2D eigenvalue weighted by Crippen LogP contribution is -2.46. The molecule has 38 heavy (non-hydrogen) atoms. The molecule has 1 aromatic rings. The number of nitrogens with zero attached hydrogens (tertiary/aromatic N) is 1. The summed E-state index contributed by atoms with van der Waals surface area (Å²) >= 11 is 5.98. The summed E-state index contributed by atoms with van der Waals surface area (Å²) in [6, 6.07) is 6.91. The molecular weight excluding hydrogens is 508 g/mol. The number of hydrogen-bond donors (Lipinski definition) is 1. The third-order valence-corrected chi connectivity index (χ3v) is 7.72. The summed E-state index contributed by atoms with van der Waals surface area (Å²) < 4.78 is 31.3. The fourth-order valence-corrected chi connectivity index (χ4v) is 5.80. The summed E-state index contributed by atoms with van der Waals surface area (Å²) in [6.07, 6.45) is 7.86. The molecule has 214 valence electrons. The highest BCUT2D eigenvalue weighted by Gasteiger charge is 2.66. The number of carbonyl (C=O) groups is 1. The van der Waals surface area contributed by atoms with Crippen molar-refractivity contribution in [2.75, 3.05) is 38.2 Å². The SMILES string of the molecule is CCCCCCCOC[C@@]12O[C@@H](CCCN3CCCC3)[C@@H](OC(=O)Nc3ccc(Cl)cc3)[C@@H]1OC(C)(C)O2. The largest absolute Gasteiger partial charge is 0.440 e. The summed E-state index contributed by atoms with van der Waals surface area (Å²) in [5, 5.41) is 3.39. The van der Waals surface area contributed by atoms with Crippen LogP contribution in [0.4, 0.5) is 10.5 Å². The molecule has 1 N–H and O–H groups in total. The first kappa shape index (κ1) is 29.6. The highest BCUT2D eigenvalue weighted by atomic mass is 35.5. The topological polar surface area (TPSA) is 78.5 Å². The molecule has 0 aromatic heterocycles. The van der Waals surface area contributed by atoms with Crippen LogP contribution in [0.1, 0.15) is 78.6 Å². The molecule has 4 rings (SSSR count). The van der Waals surface area contributed by atoms with E-state index in [2.05, 4.69) is 17.1 Å².